The third-order valence-corrected chi connectivity index (χ3v) is 3.61. The molecule has 3 rings (SSSR count). The Morgan fingerprint density at radius 2 is 1.74 bits per heavy atom. The van der Waals surface area contributed by atoms with Gasteiger partial charge in [-0.25, -0.2) is 18.7 Å². The molecule has 138 valence electrons. The van der Waals surface area contributed by atoms with Crippen molar-refractivity contribution < 1.29 is 18.3 Å². The van der Waals surface area contributed by atoms with E-state index in [1.54, 1.807) is 38.3 Å². The van der Waals surface area contributed by atoms with Crippen molar-refractivity contribution in [3.63, 3.8) is 0 Å². The minimum absolute atomic E-state index is 0.0319. The molecule has 0 aliphatic heterocycles. The van der Waals surface area contributed by atoms with E-state index in [0.29, 0.717) is 17.1 Å². The number of methoxy groups -OCH3 is 1. The van der Waals surface area contributed by atoms with Gasteiger partial charge in [-0.15, -0.1) is 0 Å². The number of carbonyl (C=O) groups excluding carboxylic acids is 1. The molecule has 27 heavy (non-hydrogen) atoms. The molecule has 0 saturated heterocycles. The van der Waals surface area contributed by atoms with Gasteiger partial charge in [-0.05, 0) is 37.3 Å². The molecule has 0 saturated carbocycles. The summed E-state index contributed by atoms with van der Waals surface area (Å²) < 4.78 is 32.6. The average molecular weight is 370 g/mol. The maximum Gasteiger partial charge on any atom is 0.274 e. The molecule has 0 spiro atoms. The summed E-state index contributed by atoms with van der Waals surface area (Å²) in [5.74, 6) is -1.69. The smallest absolute Gasteiger partial charge is 0.274 e. The number of nitrogens with one attached hydrogen (secondary N) is 2. The lowest BCUT2D eigenvalue weighted by Gasteiger charge is -2.10. The number of ether oxygens (including phenoxy) is 1. The Kier molecular flexibility index (Phi) is 5.25. The molecule has 6 nitrogen and oxygen atoms in total. The predicted molar refractivity (Wildman–Crippen MR) is 97.4 cm³/mol. The number of aromatic nitrogens is 2. The van der Waals surface area contributed by atoms with E-state index < -0.39 is 23.2 Å². The summed E-state index contributed by atoms with van der Waals surface area (Å²) in [5, 5.41) is 5.18. The minimum atomic E-state index is -0.871. The number of nitrogens with zero attached hydrogens (tertiary/aromatic N) is 2. The predicted octanol–water partition coefficient (Wildman–Crippen LogP) is 4.07. The first-order chi connectivity index (χ1) is 13.0. The van der Waals surface area contributed by atoms with Crippen molar-refractivity contribution in [2.75, 3.05) is 17.7 Å². The Labute approximate surface area is 154 Å². The van der Waals surface area contributed by atoms with Crippen LogP contribution in [0, 0.1) is 18.6 Å². The first-order valence-corrected chi connectivity index (χ1v) is 7.98. The first kappa shape index (κ1) is 18.2. The molecule has 0 bridgehead atoms. The van der Waals surface area contributed by atoms with E-state index in [1.165, 1.54) is 12.1 Å². The molecular weight excluding hydrogens is 354 g/mol. The third kappa shape index (κ3) is 4.35. The van der Waals surface area contributed by atoms with Gasteiger partial charge in [0.2, 0.25) is 5.95 Å². The molecule has 0 atom stereocenters. The Balaban J connectivity index is 1.85. The Morgan fingerprint density at radius 1 is 1.04 bits per heavy atom. The standard InChI is InChI=1S/C19H16F2N4O2/c1-11-9-16(18(26)25-17-14(20)7-4-8-15(17)21)24-19(22-11)23-12-5-3-6-13(10-12)27-2/h3-10H,1-2H3,(H,25,26)(H,22,23,24). The quantitative estimate of drug-likeness (QED) is 0.708. The van der Waals surface area contributed by atoms with Crippen molar-refractivity contribution in [2.45, 2.75) is 6.92 Å². The van der Waals surface area contributed by atoms with Crippen LogP contribution in [0.2, 0.25) is 0 Å². The highest BCUT2D eigenvalue weighted by Crippen LogP contribution is 2.21. The van der Waals surface area contributed by atoms with Gasteiger partial charge in [0.05, 0.1) is 7.11 Å². The van der Waals surface area contributed by atoms with E-state index in [-0.39, 0.29) is 11.6 Å². The number of benzene rings is 2. The van der Waals surface area contributed by atoms with Crippen LogP contribution in [0.1, 0.15) is 16.2 Å². The monoisotopic (exact) mass is 370 g/mol. The van der Waals surface area contributed by atoms with Crippen molar-refractivity contribution in [3.8, 4) is 5.75 Å². The average Bonchev–Trinajstić information content (AvgIpc) is 2.64. The van der Waals surface area contributed by atoms with E-state index in [9.17, 15) is 13.6 Å². The zero-order valence-electron chi connectivity index (χ0n) is 14.6. The van der Waals surface area contributed by atoms with Crippen LogP contribution in [0.4, 0.5) is 26.1 Å². The van der Waals surface area contributed by atoms with Gasteiger partial charge in [0, 0.05) is 17.4 Å². The first-order valence-electron chi connectivity index (χ1n) is 7.98. The number of halogens is 2. The van der Waals surface area contributed by atoms with Crippen LogP contribution in [0.5, 0.6) is 5.75 Å². The van der Waals surface area contributed by atoms with Crippen LogP contribution in [-0.4, -0.2) is 23.0 Å². The normalized spacial score (nSPS) is 10.4. The number of amides is 1. The van der Waals surface area contributed by atoms with Gasteiger partial charge in [0.1, 0.15) is 28.8 Å². The molecule has 0 aliphatic rings. The summed E-state index contributed by atoms with van der Waals surface area (Å²) in [5.41, 5.74) is 0.609. The Hall–Kier alpha value is -3.55. The fourth-order valence-electron chi connectivity index (χ4n) is 2.37. The molecular formula is C19H16F2N4O2. The summed E-state index contributed by atoms with van der Waals surface area (Å²) in [6.45, 7) is 1.68. The fraction of sp³-hybridized carbons (Fsp3) is 0.105. The van der Waals surface area contributed by atoms with Crippen molar-refractivity contribution in [3.05, 3.63) is 71.6 Å². The maximum atomic E-state index is 13.7. The Morgan fingerprint density at radius 3 is 2.44 bits per heavy atom. The van der Waals surface area contributed by atoms with Gasteiger partial charge in [0.25, 0.3) is 5.91 Å². The second-order valence-corrected chi connectivity index (χ2v) is 5.63. The lowest BCUT2D eigenvalue weighted by atomic mass is 10.2. The second kappa shape index (κ2) is 7.77. The van der Waals surface area contributed by atoms with Crippen molar-refractivity contribution in [2.24, 2.45) is 0 Å². The largest absolute Gasteiger partial charge is 0.497 e. The van der Waals surface area contributed by atoms with E-state index in [4.69, 9.17) is 4.74 Å². The van der Waals surface area contributed by atoms with Crippen LogP contribution in [0.25, 0.3) is 0 Å². The van der Waals surface area contributed by atoms with Crippen LogP contribution in [0.3, 0.4) is 0 Å². The van der Waals surface area contributed by atoms with Gasteiger partial charge in [-0.1, -0.05) is 12.1 Å². The number of anilines is 3. The molecule has 0 aliphatic carbocycles. The zero-order chi connectivity index (χ0) is 19.4. The molecule has 1 heterocycles. The number of para-hydroxylation sites is 1. The fourth-order valence-corrected chi connectivity index (χ4v) is 2.37. The van der Waals surface area contributed by atoms with Crippen molar-refractivity contribution in [1.82, 2.24) is 9.97 Å². The van der Waals surface area contributed by atoms with Gasteiger partial charge < -0.3 is 15.4 Å². The topological polar surface area (TPSA) is 76.1 Å². The number of hydrogen-bond acceptors (Lipinski definition) is 5. The van der Waals surface area contributed by atoms with Gasteiger partial charge in [-0.2, -0.15) is 0 Å². The number of hydrogen-bond donors (Lipinski definition) is 2. The maximum absolute atomic E-state index is 13.7. The molecule has 3 aromatic rings. The molecule has 1 amide bonds. The Bertz CT molecular complexity index is 975. The van der Waals surface area contributed by atoms with Gasteiger partial charge >= 0.3 is 0 Å². The molecule has 1 aromatic heterocycles. The van der Waals surface area contributed by atoms with E-state index in [0.717, 1.165) is 12.1 Å². The van der Waals surface area contributed by atoms with Crippen molar-refractivity contribution >= 4 is 23.2 Å². The van der Waals surface area contributed by atoms with Crippen LogP contribution >= 0.6 is 0 Å². The number of aryl methyl sites for hydroxylation is 1. The SMILES string of the molecule is COc1cccc(Nc2nc(C)cc(C(=O)Nc3c(F)cccc3F)n2)c1. The zero-order valence-corrected chi connectivity index (χ0v) is 14.6. The second-order valence-electron chi connectivity index (χ2n) is 5.63. The van der Waals surface area contributed by atoms with Crippen LogP contribution < -0.4 is 15.4 Å². The van der Waals surface area contributed by atoms with Gasteiger partial charge in [0.15, 0.2) is 0 Å². The highest BCUT2D eigenvalue weighted by Gasteiger charge is 2.16. The number of rotatable bonds is 5. The lowest BCUT2D eigenvalue weighted by Crippen LogP contribution is -2.17. The summed E-state index contributed by atoms with van der Waals surface area (Å²) in [6.07, 6.45) is 0. The van der Waals surface area contributed by atoms with Crippen LogP contribution in [-0.2, 0) is 0 Å². The molecule has 0 unspecified atom stereocenters. The highest BCUT2D eigenvalue weighted by atomic mass is 19.1. The molecule has 2 N–H and O–H groups in total. The van der Waals surface area contributed by atoms with Crippen molar-refractivity contribution in [1.29, 1.82) is 0 Å². The van der Waals surface area contributed by atoms with E-state index in [2.05, 4.69) is 20.6 Å². The summed E-state index contributed by atoms with van der Waals surface area (Å²) in [4.78, 5) is 20.7. The summed E-state index contributed by atoms with van der Waals surface area (Å²) in [7, 11) is 1.55. The van der Waals surface area contributed by atoms with Crippen LogP contribution in [0.15, 0.2) is 48.5 Å². The lowest BCUT2D eigenvalue weighted by molar-refractivity contribution is 0.102. The summed E-state index contributed by atoms with van der Waals surface area (Å²) in [6, 6.07) is 11.8. The number of carbonyl (C=O) groups is 1. The highest BCUT2D eigenvalue weighted by molar-refractivity contribution is 6.03. The van der Waals surface area contributed by atoms with Gasteiger partial charge in [-0.3, -0.25) is 4.79 Å². The molecule has 8 heteroatoms. The third-order valence-electron chi connectivity index (χ3n) is 3.61. The van der Waals surface area contributed by atoms with E-state index >= 15 is 0 Å². The summed E-state index contributed by atoms with van der Waals surface area (Å²) >= 11 is 0. The molecule has 2 aromatic carbocycles. The molecule has 0 radical (unpaired) electrons. The van der Waals surface area contributed by atoms with E-state index in [1.807, 2.05) is 0 Å². The molecule has 0 fully saturated rings. The minimum Gasteiger partial charge on any atom is -0.497 e.